The van der Waals surface area contributed by atoms with Gasteiger partial charge in [0.2, 0.25) is 5.91 Å². The third kappa shape index (κ3) is 3.23. The summed E-state index contributed by atoms with van der Waals surface area (Å²) in [4.78, 5) is 11.9. The molecule has 0 saturated carbocycles. The third-order valence-electron chi connectivity index (χ3n) is 3.56. The van der Waals surface area contributed by atoms with Crippen LogP contribution >= 0.6 is 0 Å². The van der Waals surface area contributed by atoms with Crippen LogP contribution in [0.3, 0.4) is 0 Å². The van der Waals surface area contributed by atoms with E-state index < -0.39 is 5.54 Å². The molecule has 1 heterocycles. The second-order valence-electron chi connectivity index (χ2n) is 6.19. The van der Waals surface area contributed by atoms with Crippen molar-refractivity contribution in [2.24, 2.45) is 5.73 Å². The second-order valence-corrected chi connectivity index (χ2v) is 6.19. The highest BCUT2D eigenvalue weighted by atomic mass is 16.5. The number of benzene rings is 2. The number of aromatic nitrogens is 1. The molecule has 24 heavy (non-hydrogen) atoms. The van der Waals surface area contributed by atoms with Crippen LogP contribution in [0.4, 0.5) is 5.69 Å². The van der Waals surface area contributed by atoms with E-state index in [1.54, 1.807) is 38.1 Å². The van der Waals surface area contributed by atoms with Crippen LogP contribution in [0.2, 0.25) is 0 Å². The summed E-state index contributed by atoms with van der Waals surface area (Å²) in [7, 11) is 0. The van der Waals surface area contributed by atoms with Gasteiger partial charge in [-0.1, -0.05) is 11.2 Å². The van der Waals surface area contributed by atoms with Gasteiger partial charge in [-0.05, 0) is 57.2 Å². The molecular formula is C18H19N3O3. The van der Waals surface area contributed by atoms with Crippen molar-refractivity contribution in [1.29, 1.82) is 0 Å². The number of hydrogen-bond acceptors (Lipinski definition) is 5. The fraction of sp³-hybridized carbons (Fsp3) is 0.222. The summed E-state index contributed by atoms with van der Waals surface area (Å²) in [5.74, 6) is 1.77. The maximum absolute atomic E-state index is 11.9. The normalized spacial score (nSPS) is 11.5. The van der Waals surface area contributed by atoms with Crippen molar-refractivity contribution >= 4 is 22.5 Å². The van der Waals surface area contributed by atoms with E-state index in [0.29, 0.717) is 22.9 Å². The van der Waals surface area contributed by atoms with E-state index >= 15 is 0 Å². The first kappa shape index (κ1) is 16.0. The Labute approximate surface area is 139 Å². The SMILES string of the molecule is Cc1onc2cccc(Oc3ccc(NC(=O)C(C)(C)N)cc3)c12. The predicted molar refractivity (Wildman–Crippen MR) is 92.2 cm³/mol. The Morgan fingerprint density at radius 1 is 1.21 bits per heavy atom. The molecule has 1 aromatic heterocycles. The highest BCUT2D eigenvalue weighted by molar-refractivity contribution is 5.97. The lowest BCUT2D eigenvalue weighted by Gasteiger charge is -2.17. The number of rotatable bonds is 4. The van der Waals surface area contributed by atoms with Crippen molar-refractivity contribution in [2.45, 2.75) is 26.3 Å². The van der Waals surface area contributed by atoms with Crippen LogP contribution in [0.1, 0.15) is 19.6 Å². The monoisotopic (exact) mass is 325 g/mol. The number of aryl methyl sites for hydroxylation is 1. The average Bonchev–Trinajstić information content (AvgIpc) is 2.91. The zero-order valence-corrected chi connectivity index (χ0v) is 13.8. The summed E-state index contributed by atoms with van der Waals surface area (Å²) in [5.41, 5.74) is 6.24. The molecular weight excluding hydrogens is 306 g/mol. The lowest BCUT2D eigenvalue weighted by molar-refractivity contribution is -0.120. The van der Waals surface area contributed by atoms with Crippen LogP contribution in [0.25, 0.3) is 10.9 Å². The zero-order valence-electron chi connectivity index (χ0n) is 13.8. The van der Waals surface area contributed by atoms with Crippen LogP contribution in [0, 0.1) is 6.92 Å². The Balaban J connectivity index is 1.79. The molecule has 3 aromatic rings. The minimum atomic E-state index is -0.934. The third-order valence-corrected chi connectivity index (χ3v) is 3.56. The number of nitrogens with one attached hydrogen (secondary N) is 1. The van der Waals surface area contributed by atoms with Crippen molar-refractivity contribution in [3.63, 3.8) is 0 Å². The number of ether oxygens (including phenoxy) is 1. The van der Waals surface area contributed by atoms with Gasteiger partial charge in [-0.2, -0.15) is 0 Å². The first-order valence-corrected chi connectivity index (χ1v) is 7.58. The van der Waals surface area contributed by atoms with Gasteiger partial charge in [-0.3, -0.25) is 4.79 Å². The number of anilines is 1. The molecule has 0 saturated heterocycles. The Bertz CT molecular complexity index is 877. The Morgan fingerprint density at radius 2 is 1.92 bits per heavy atom. The average molecular weight is 325 g/mol. The molecule has 6 nitrogen and oxygen atoms in total. The molecule has 1 amide bonds. The van der Waals surface area contributed by atoms with Crippen molar-refractivity contribution in [1.82, 2.24) is 5.16 Å². The van der Waals surface area contributed by atoms with Gasteiger partial charge >= 0.3 is 0 Å². The van der Waals surface area contributed by atoms with E-state index in [-0.39, 0.29) is 5.91 Å². The number of nitrogens with two attached hydrogens (primary N) is 1. The van der Waals surface area contributed by atoms with Gasteiger partial charge in [0.05, 0.1) is 10.9 Å². The molecule has 0 aliphatic carbocycles. The first-order valence-electron chi connectivity index (χ1n) is 7.58. The van der Waals surface area contributed by atoms with E-state index in [1.165, 1.54) is 0 Å². The molecule has 0 spiro atoms. The molecule has 0 aliphatic heterocycles. The van der Waals surface area contributed by atoms with Crippen molar-refractivity contribution in [2.75, 3.05) is 5.32 Å². The molecule has 2 aromatic carbocycles. The topological polar surface area (TPSA) is 90.4 Å². The van der Waals surface area contributed by atoms with Gasteiger partial charge in [-0.15, -0.1) is 0 Å². The van der Waals surface area contributed by atoms with Crippen LogP contribution < -0.4 is 15.8 Å². The molecule has 3 N–H and O–H groups in total. The number of carbonyl (C=O) groups excluding carboxylic acids is 1. The maximum Gasteiger partial charge on any atom is 0.243 e. The van der Waals surface area contributed by atoms with Gasteiger partial charge in [-0.25, -0.2) is 0 Å². The fourth-order valence-corrected chi connectivity index (χ4v) is 2.22. The Kier molecular flexibility index (Phi) is 3.99. The van der Waals surface area contributed by atoms with Gasteiger partial charge in [0.25, 0.3) is 0 Å². The molecule has 0 bridgehead atoms. The lowest BCUT2D eigenvalue weighted by Crippen LogP contribution is -2.45. The standard InChI is InChI=1S/C18H19N3O3/c1-11-16-14(21-24-11)5-4-6-15(16)23-13-9-7-12(8-10-13)20-17(22)18(2,3)19/h4-10H,19H2,1-3H3,(H,20,22). The van der Waals surface area contributed by atoms with Crippen LogP contribution in [0.15, 0.2) is 47.0 Å². The van der Waals surface area contributed by atoms with Crippen LogP contribution in [0.5, 0.6) is 11.5 Å². The van der Waals surface area contributed by atoms with E-state index in [9.17, 15) is 4.79 Å². The molecule has 124 valence electrons. The van der Waals surface area contributed by atoms with Crippen molar-refractivity contribution < 1.29 is 14.1 Å². The number of fused-ring (bicyclic) bond motifs is 1. The molecule has 6 heteroatoms. The smallest absolute Gasteiger partial charge is 0.243 e. The van der Waals surface area contributed by atoms with Gasteiger partial charge < -0.3 is 20.3 Å². The van der Waals surface area contributed by atoms with Gasteiger partial charge in [0, 0.05) is 5.69 Å². The summed E-state index contributed by atoms with van der Waals surface area (Å²) in [5, 5.41) is 7.59. The quantitative estimate of drug-likeness (QED) is 0.765. The van der Waals surface area contributed by atoms with E-state index in [0.717, 1.165) is 10.9 Å². The summed E-state index contributed by atoms with van der Waals surface area (Å²) < 4.78 is 11.1. The minimum Gasteiger partial charge on any atom is -0.457 e. The first-order chi connectivity index (χ1) is 11.3. The summed E-state index contributed by atoms with van der Waals surface area (Å²) >= 11 is 0. The summed E-state index contributed by atoms with van der Waals surface area (Å²) in [6.07, 6.45) is 0. The van der Waals surface area contributed by atoms with Crippen molar-refractivity contribution in [3.05, 3.63) is 48.2 Å². The van der Waals surface area contributed by atoms with E-state index in [1.807, 2.05) is 25.1 Å². The van der Waals surface area contributed by atoms with E-state index in [4.69, 9.17) is 15.0 Å². The Hall–Kier alpha value is -2.86. The molecule has 0 unspecified atom stereocenters. The number of amides is 1. The highest BCUT2D eigenvalue weighted by Gasteiger charge is 2.21. The zero-order chi connectivity index (χ0) is 17.3. The summed E-state index contributed by atoms with van der Waals surface area (Å²) in [6.45, 7) is 5.15. The second kappa shape index (κ2) is 5.98. The number of hydrogen-bond donors (Lipinski definition) is 2. The summed E-state index contributed by atoms with van der Waals surface area (Å²) in [6, 6.07) is 12.7. The van der Waals surface area contributed by atoms with Crippen LogP contribution in [-0.2, 0) is 4.79 Å². The van der Waals surface area contributed by atoms with E-state index in [2.05, 4.69) is 10.5 Å². The minimum absolute atomic E-state index is 0.249. The van der Waals surface area contributed by atoms with Crippen molar-refractivity contribution in [3.8, 4) is 11.5 Å². The Morgan fingerprint density at radius 3 is 2.58 bits per heavy atom. The number of nitrogens with zero attached hydrogens (tertiary/aromatic N) is 1. The largest absolute Gasteiger partial charge is 0.457 e. The lowest BCUT2D eigenvalue weighted by atomic mass is 10.1. The maximum atomic E-state index is 11.9. The number of carbonyl (C=O) groups is 1. The molecule has 0 radical (unpaired) electrons. The molecule has 0 fully saturated rings. The highest BCUT2D eigenvalue weighted by Crippen LogP contribution is 2.32. The molecule has 0 atom stereocenters. The van der Waals surface area contributed by atoms with Gasteiger partial charge in [0.15, 0.2) is 0 Å². The fourth-order valence-electron chi connectivity index (χ4n) is 2.22. The predicted octanol–water partition coefficient (Wildman–Crippen LogP) is 3.60. The van der Waals surface area contributed by atoms with Gasteiger partial charge in [0.1, 0.15) is 22.8 Å². The van der Waals surface area contributed by atoms with Crippen LogP contribution in [-0.4, -0.2) is 16.6 Å². The molecule has 3 rings (SSSR count). The molecule has 0 aliphatic rings.